The molecule has 6 nitrogen and oxygen atoms in total. The number of aliphatic hydroxyl groups is 1. The number of rotatable bonds is 5. The van der Waals surface area contributed by atoms with E-state index >= 15 is 0 Å². The molecule has 0 radical (unpaired) electrons. The van der Waals surface area contributed by atoms with E-state index in [-0.39, 0.29) is 12.4 Å². The number of aromatic hydroxyl groups is 1. The molecule has 0 unspecified atom stereocenters. The van der Waals surface area contributed by atoms with Gasteiger partial charge in [0.15, 0.2) is 0 Å². The van der Waals surface area contributed by atoms with Gasteiger partial charge in [0.1, 0.15) is 5.75 Å². The first-order valence-corrected chi connectivity index (χ1v) is 9.02. The van der Waals surface area contributed by atoms with Crippen molar-refractivity contribution in [2.45, 2.75) is 20.5 Å². The third kappa shape index (κ3) is 4.03. The van der Waals surface area contributed by atoms with Gasteiger partial charge in [-0.05, 0) is 37.7 Å². The molecular weight excluding hydrogens is 328 g/mol. The lowest BCUT2D eigenvalue weighted by Gasteiger charge is -2.35. The van der Waals surface area contributed by atoms with Crippen LogP contribution in [0.4, 0.5) is 11.4 Å². The summed E-state index contributed by atoms with van der Waals surface area (Å²) in [4.78, 5) is 13.4. The Hall–Kier alpha value is -2.44. The van der Waals surface area contributed by atoms with E-state index in [1.165, 1.54) is 5.69 Å². The minimum absolute atomic E-state index is 0.0608. The Kier molecular flexibility index (Phi) is 5.85. The quantitative estimate of drug-likeness (QED) is 0.807. The summed E-state index contributed by atoms with van der Waals surface area (Å²) in [6, 6.07) is 8.11. The summed E-state index contributed by atoms with van der Waals surface area (Å²) in [7, 11) is 0. The van der Waals surface area contributed by atoms with Gasteiger partial charge in [0.2, 0.25) is 0 Å². The van der Waals surface area contributed by atoms with E-state index in [1.54, 1.807) is 19.3 Å². The first kappa shape index (κ1) is 18.4. The molecular formula is C20H26N4O2. The lowest BCUT2D eigenvalue weighted by molar-refractivity contribution is 0.271. The van der Waals surface area contributed by atoms with Crippen LogP contribution in [0.15, 0.2) is 35.5 Å². The van der Waals surface area contributed by atoms with Crippen molar-refractivity contribution in [3.63, 3.8) is 0 Å². The Bertz CT molecular complexity index is 766. The number of aromatic nitrogens is 1. The molecule has 26 heavy (non-hydrogen) atoms. The number of pyridine rings is 1. The van der Waals surface area contributed by atoms with Crippen LogP contribution in [0.3, 0.4) is 0 Å². The van der Waals surface area contributed by atoms with Crippen LogP contribution in [0, 0.1) is 6.92 Å². The number of aliphatic imine (C=N–C) groups is 1. The summed E-state index contributed by atoms with van der Waals surface area (Å²) < 4.78 is 0. The van der Waals surface area contributed by atoms with Crippen LogP contribution >= 0.6 is 0 Å². The van der Waals surface area contributed by atoms with Crippen molar-refractivity contribution in [3.05, 3.63) is 47.3 Å². The Morgan fingerprint density at radius 1 is 1.15 bits per heavy atom. The smallest absolute Gasteiger partial charge is 0.145 e. The fraction of sp³-hybridized carbons (Fsp3) is 0.400. The van der Waals surface area contributed by atoms with E-state index in [4.69, 9.17) is 0 Å². The molecule has 2 aromatic rings. The highest BCUT2D eigenvalue weighted by Crippen LogP contribution is 2.24. The fourth-order valence-electron chi connectivity index (χ4n) is 3.13. The van der Waals surface area contributed by atoms with Crippen molar-refractivity contribution in [1.82, 2.24) is 9.88 Å². The summed E-state index contributed by atoms with van der Waals surface area (Å²) in [5.41, 5.74) is 3.60. The normalized spacial score (nSPS) is 15.7. The van der Waals surface area contributed by atoms with E-state index in [9.17, 15) is 10.2 Å². The topological polar surface area (TPSA) is 72.2 Å². The predicted octanol–water partition coefficient (Wildman–Crippen LogP) is 2.48. The number of hydrogen-bond donors (Lipinski definition) is 2. The highest BCUT2D eigenvalue weighted by Gasteiger charge is 2.15. The molecule has 0 spiro atoms. The first-order valence-electron chi connectivity index (χ1n) is 9.02. The van der Waals surface area contributed by atoms with Crippen molar-refractivity contribution in [1.29, 1.82) is 0 Å². The Morgan fingerprint density at radius 2 is 1.85 bits per heavy atom. The average molecular weight is 354 g/mol. The van der Waals surface area contributed by atoms with Gasteiger partial charge < -0.3 is 20.0 Å². The molecule has 0 bridgehead atoms. The van der Waals surface area contributed by atoms with Gasteiger partial charge in [0.25, 0.3) is 0 Å². The SMILES string of the molecule is CCN1CCN(c2ccc(N=Cc3c(CO)cnc(C)c3O)cc2)CC1. The van der Waals surface area contributed by atoms with Crippen molar-refractivity contribution in [3.8, 4) is 5.75 Å². The van der Waals surface area contributed by atoms with Crippen molar-refractivity contribution in [2.24, 2.45) is 4.99 Å². The van der Waals surface area contributed by atoms with E-state index in [0.29, 0.717) is 16.8 Å². The predicted molar refractivity (Wildman–Crippen MR) is 105 cm³/mol. The van der Waals surface area contributed by atoms with Crippen molar-refractivity contribution in [2.75, 3.05) is 37.6 Å². The fourth-order valence-corrected chi connectivity index (χ4v) is 3.13. The number of aryl methyl sites for hydroxylation is 1. The second kappa shape index (κ2) is 8.29. The third-order valence-corrected chi connectivity index (χ3v) is 4.91. The molecule has 2 heterocycles. The van der Waals surface area contributed by atoms with Gasteiger partial charge in [-0.2, -0.15) is 0 Å². The van der Waals surface area contributed by atoms with Gasteiger partial charge in [-0.1, -0.05) is 6.92 Å². The number of hydrogen-bond acceptors (Lipinski definition) is 6. The summed E-state index contributed by atoms with van der Waals surface area (Å²) in [5.74, 6) is 0.0608. The van der Waals surface area contributed by atoms with E-state index in [1.807, 2.05) is 12.1 Å². The van der Waals surface area contributed by atoms with E-state index in [0.717, 1.165) is 38.4 Å². The Balaban J connectivity index is 1.72. The molecule has 6 heteroatoms. The second-order valence-electron chi connectivity index (χ2n) is 6.49. The van der Waals surface area contributed by atoms with Gasteiger partial charge in [-0.15, -0.1) is 0 Å². The van der Waals surface area contributed by atoms with Crippen LogP contribution < -0.4 is 4.90 Å². The zero-order chi connectivity index (χ0) is 18.5. The molecule has 138 valence electrons. The Morgan fingerprint density at radius 3 is 2.46 bits per heavy atom. The van der Waals surface area contributed by atoms with E-state index in [2.05, 4.69) is 38.8 Å². The largest absolute Gasteiger partial charge is 0.505 e. The van der Waals surface area contributed by atoms with Gasteiger partial charge >= 0.3 is 0 Å². The van der Waals surface area contributed by atoms with Crippen LogP contribution in [0.2, 0.25) is 0 Å². The number of piperazine rings is 1. The second-order valence-corrected chi connectivity index (χ2v) is 6.49. The molecule has 1 aromatic carbocycles. The van der Waals surface area contributed by atoms with Crippen molar-refractivity contribution < 1.29 is 10.2 Å². The van der Waals surface area contributed by atoms with Crippen molar-refractivity contribution >= 4 is 17.6 Å². The van der Waals surface area contributed by atoms with Crippen LogP contribution in [0.1, 0.15) is 23.7 Å². The van der Waals surface area contributed by atoms with E-state index < -0.39 is 0 Å². The summed E-state index contributed by atoms with van der Waals surface area (Å²) >= 11 is 0. The van der Waals surface area contributed by atoms with Gasteiger partial charge in [-0.25, -0.2) is 0 Å². The van der Waals surface area contributed by atoms with Gasteiger partial charge in [-0.3, -0.25) is 9.98 Å². The molecule has 0 atom stereocenters. The standard InChI is InChI=1S/C20H26N4O2/c1-3-23-8-10-24(11-9-23)18-6-4-17(5-7-18)22-13-19-16(14-25)12-21-15(2)20(19)26/h4-7,12-13,25-26H,3,8-11,14H2,1-2H3. The number of benzene rings is 1. The third-order valence-electron chi connectivity index (χ3n) is 4.91. The molecule has 0 saturated carbocycles. The molecule has 0 aliphatic carbocycles. The number of nitrogens with zero attached hydrogens (tertiary/aromatic N) is 4. The number of aliphatic hydroxyl groups excluding tert-OH is 1. The maximum atomic E-state index is 10.2. The van der Waals surface area contributed by atoms with Crippen LogP contribution in [0.25, 0.3) is 0 Å². The highest BCUT2D eigenvalue weighted by molar-refractivity contribution is 5.87. The lowest BCUT2D eigenvalue weighted by atomic mass is 10.1. The van der Waals surface area contributed by atoms with Gasteiger partial charge in [0, 0.05) is 55.4 Å². The van der Waals surface area contributed by atoms with Crippen LogP contribution in [-0.2, 0) is 6.61 Å². The zero-order valence-electron chi connectivity index (χ0n) is 15.4. The van der Waals surface area contributed by atoms with Gasteiger partial charge in [0.05, 0.1) is 18.0 Å². The average Bonchev–Trinajstić information content (AvgIpc) is 2.69. The highest BCUT2D eigenvalue weighted by atomic mass is 16.3. The lowest BCUT2D eigenvalue weighted by Crippen LogP contribution is -2.46. The Labute approximate surface area is 154 Å². The molecule has 1 aromatic heterocycles. The maximum Gasteiger partial charge on any atom is 0.145 e. The van der Waals surface area contributed by atoms with Crippen LogP contribution in [0.5, 0.6) is 5.75 Å². The molecule has 3 rings (SSSR count). The molecule has 1 aliphatic rings. The summed E-state index contributed by atoms with van der Waals surface area (Å²) in [6.07, 6.45) is 3.15. The molecule has 1 saturated heterocycles. The summed E-state index contributed by atoms with van der Waals surface area (Å²) in [6.45, 7) is 9.13. The minimum Gasteiger partial charge on any atom is -0.505 e. The maximum absolute atomic E-state index is 10.2. The molecule has 0 amide bonds. The number of anilines is 1. The molecule has 2 N–H and O–H groups in total. The first-order chi connectivity index (χ1) is 12.6. The monoisotopic (exact) mass is 354 g/mol. The zero-order valence-corrected chi connectivity index (χ0v) is 15.4. The molecule has 1 aliphatic heterocycles. The summed E-state index contributed by atoms with van der Waals surface area (Å²) in [5, 5.41) is 19.6. The molecule has 1 fully saturated rings. The van der Waals surface area contributed by atoms with Crippen LogP contribution in [-0.4, -0.2) is 59.0 Å². The minimum atomic E-state index is -0.190. The number of likely N-dealkylation sites (N-methyl/N-ethyl adjacent to an activating group) is 1.